The van der Waals surface area contributed by atoms with Gasteiger partial charge in [0.25, 0.3) is 5.69 Å². The molecule has 0 unspecified atom stereocenters. The van der Waals surface area contributed by atoms with E-state index >= 15 is 0 Å². The number of halogens is 1. The average Bonchev–Trinajstić information content (AvgIpc) is 2.17. The van der Waals surface area contributed by atoms with E-state index in [9.17, 15) is 14.9 Å². The van der Waals surface area contributed by atoms with Crippen molar-refractivity contribution in [1.82, 2.24) is 0 Å². The van der Waals surface area contributed by atoms with Crippen LogP contribution in [0.25, 0.3) is 0 Å². The lowest BCUT2D eigenvalue weighted by atomic mass is 9.86. The number of benzene rings is 1. The number of hydrogen-bond donors (Lipinski definition) is 0. The van der Waals surface area contributed by atoms with E-state index in [1.165, 1.54) is 12.1 Å². The lowest BCUT2D eigenvalue weighted by Crippen LogP contribution is -2.24. The predicted octanol–water partition coefficient (Wildman–Crippen LogP) is 2.64. The normalized spacial score (nSPS) is 11.1. The fourth-order valence-corrected chi connectivity index (χ4v) is 1.22. The molecule has 0 N–H and O–H groups in total. The number of rotatable bonds is 3. The summed E-state index contributed by atoms with van der Waals surface area (Å²) < 4.78 is 0. The van der Waals surface area contributed by atoms with Crippen LogP contribution in [0.15, 0.2) is 24.3 Å². The summed E-state index contributed by atoms with van der Waals surface area (Å²) in [7, 11) is 0. The third-order valence-electron chi connectivity index (χ3n) is 2.29. The highest BCUT2D eigenvalue weighted by Crippen LogP contribution is 2.27. The second-order valence-corrected chi connectivity index (χ2v) is 4.05. The summed E-state index contributed by atoms with van der Waals surface area (Å²) in [6, 6.07) is 5.80. The van der Waals surface area contributed by atoms with E-state index in [0.29, 0.717) is 5.56 Å². The molecule has 0 saturated heterocycles. The highest BCUT2D eigenvalue weighted by molar-refractivity contribution is 6.65. The molecule has 0 aliphatic rings. The number of nitrogens with zero attached hydrogens (tertiary/aromatic N) is 1. The first-order valence-electron chi connectivity index (χ1n) is 4.30. The van der Waals surface area contributed by atoms with Crippen LogP contribution in [-0.2, 0) is 10.2 Å². The lowest BCUT2D eigenvalue weighted by Gasteiger charge is -2.19. The first-order chi connectivity index (χ1) is 6.85. The minimum absolute atomic E-state index is 0.00317. The number of non-ortho nitro benzene ring substituents is 1. The summed E-state index contributed by atoms with van der Waals surface area (Å²) in [5.74, 6) is 0. The van der Waals surface area contributed by atoms with E-state index in [2.05, 4.69) is 0 Å². The van der Waals surface area contributed by atoms with E-state index < -0.39 is 15.6 Å². The van der Waals surface area contributed by atoms with Crippen LogP contribution >= 0.6 is 11.6 Å². The molecule has 0 bridgehead atoms. The van der Waals surface area contributed by atoms with Crippen molar-refractivity contribution in [3.8, 4) is 0 Å². The maximum atomic E-state index is 11.1. The van der Waals surface area contributed by atoms with Gasteiger partial charge in [0.15, 0.2) is 0 Å². The zero-order valence-corrected chi connectivity index (χ0v) is 9.12. The SMILES string of the molecule is CC(C)(C(=O)Cl)c1ccc([N+](=O)[O-])cc1. The molecule has 1 rings (SSSR count). The zero-order chi connectivity index (χ0) is 11.6. The third kappa shape index (κ3) is 2.33. The predicted molar refractivity (Wildman–Crippen MR) is 57.0 cm³/mol. The van der Waals surface area contributed by atoms with Crippen molar-refractivity contribution < 1.29 is 9.72 Å². The molecule has 0 aliphatic heterocycles. The standard InChI is InChI=1S/C10H10ClNO3/c1-10(2,9(11)13)7-3-5-8(6-4-7)12(14)15/h3-6H,1-2H3. The summed E-state index contributed by atoms with van der Waals surface area (Å²) in [6.45, 7) is 3.34. The van der Waals surface area contributed by atoms with Crippen LogP contribution in [-0.4, -0.2) is 10.2 Å². The zero-order valence-electron chi connectivity index (χ0n) is 8.36. The Morgan fingerprint density at radius 1 is 1.33 bits per heavy atom. The monoisotopic (exact) mass is 227 g/mol. The fraction of sp³-hybridized carbons (Fsp3) is 0.300. The van der Waals surface area contributed by atoms with Crippen molar-refractivity contribution >= 4 is 22.5 Å². The first-order valence-corrected chi connectivity index (χ1v) is 4.68. The van der Waals surface area contributed by atoms with Gasteiger partial charge in [-0.3, -0.25) is 14.9 Å². The van der Waals surface area contributed by atoms with E-state index in [4.69, 9.17) is 11.6 Å². The van der Waals surface area contributed by atoms with Crippen LogP contribution < -0.4 is 0 Å². The first kappa shape index (κ1) is 11.7. The molecule has 0 fully saturated rings. The second kappa shape index (κ2) is 3.98. The number of carbonyl (C=O) groups excluding carboxylic acids is 1. The Labute approximate surface area is 92.0 Å². The van der Waals surface area contributed by atoms with Gasteiger partial charge >= 0.3 is 0 Å². The smallest absolute Gasteiger partial charge is 0.269 e. The lowest BCUT2D eigenvalue weighted by molar-refractivity contribution is -0.384. The minimum Gasteiger partial charge on any atom is -0.280 e. The van der Waals surface area contributed by atoms with Gasteiger partial charge in [-0.1, -0.05) is 12.1 Å². The summed E-state index contributed by atoms with van der Waals surface area (Å²) in [5, 5.41) is 9.92. The molecule has 0 aliphatic carbocycles. The number of carbonyl (C=O) groups is 1. The molecule has 0 spiro atoms. The van der Waals surface area contributed by atoms with E-state index in [-0.39, 0.29) is 5.69 Å². The second-order valence-electron chi connectivity index (χ2n) is 3.70. The van der Waals surface area contributed by atoms with Gasteiger partial charge in [-0.05, 0) is 31.0 Å². The third-order valence-corrected chi connectivity index (χ3v) is 2.76. The fourth-order valence-electron chi connectivity index (χ4n) is 1.11. The molecule has 1 aromatic carbocycles. The largest absolute Gasteiger partial charge is 0.280 e. The maximum absolute atomic E-state index is 11.1. The Morgan fingerprint density at radius 3 is 2.13 bits per heavy atom. The van der Waals surface area contributed by atoms with Gasteiger partial charge in [0.1, 0.15) is 0 Å². The van der Waals surface area contributed by atoms with E-state index in [1.54, 1.807) is 26.0 Å². The Hall–Kier alpha value is -1.42. The van der Waals surface area contributed by atoms with Crippen LogP contribution in [0.5, 0.6) is 0 Å². The van der Waals surface area contributed by atoms with Gasteiger partial charge in [-0.25, -0.2) is 0 Å². The molecule has 5 heteroatoms. The van der Waals surface area contributed by atoms with Crippen LogP contribution in [0.1, 0.15) is 19.4 Å². The van der Waals surface area contributed by atoms with Crippen molar-refractivity contribution in [3.05, 3.63) is 39.9 Å². The molecule has 0 amide bonds. The summed E-state index contributed by atoms with van der Waals surface area (Å²) >= 11 is 5.43. The van der Waals surface area contributed by atoms with E-state index in [1.807, 2.05) is 0 Å². The van der Waals surface area contributed by atoms with Crippen molar-refractivity contribution in [2.24, 2.45) is 0 Å². The molecule has 0 aromatic heterocycles. The van der Waals surface area contributed by atoms with Crippen LogP contribution in [0, 0.1) is 10.1 Å². The molecule has 0 saturated carbocycles. The Bertz CT molecular complexity index is 398. The average molecular weight is 228 g/mol. The van der Waals surface area contributed by atoms with Gasteiger partial charge in [0.2, 0.25) is 5.24 Å². The molecular weight excluding hydrogens is 218 g/mol. The Balaban J connectivity index is 3.09. The van der Waals surface area contributed by atoms with Crippen molar-refractivity contribution in [3.63, 3.8) is 0 Å². The molecule has 0 heterocycles. The van der Waals surface area contributed by atoms with Gasteiger partial charge in [-0.2, -0.15) is 0 Å². The highest BCUT2D eigenvalue weighted by atomic mass is 35.5. The highest BCUT2D eigenvalue weighted by Gasteiger charge is 2.28. The van der Waals surface area contributed by atoms with Crippen LogP contribution in [0.2, 0.25) is 0 Å². The van der Waals surface area contributed by atoms with Crippen LogP contribution in [0.4, 0.5) is 5.69 Å². The van der Waals surface area contributed by atoms with Gasteiger partial charge in [-0.15, -0.1) is 0 Å². The molecule has 0 radical (unpaired) electrons. The van der Waals surface area contributed by atoms with Gasteiger partial charge < -0.3 is 0 Å². The van der Waals surface area contributed by atoms with Crippen LogP contribution in [0.3, 0.4) is 0 Å². The topological polar surface area (TPSA) is 60.2 Å². The quantitative estimate of drug-likeness (QED) is 0.453. The molecule has 4 nitrogen and oxygen atoms in total. The van der Waals surface area contributed by atoms with Crippen molar-refractivity contribution in [2.45, 2.75) is 19.3 Å². The summed E-state index contributed by atoms with van der Waals surface area (Å²) in [5.41, 5.74) is -0.166. The van der Waals surface area contributed by atoms with Gasteiger partial charge in [0.05, 0.1) is 10.3 Å². The maximum Gasteiger partial charge on any atom is 0.269 e. The Kier molecular flexibility index (Phi) is 3.09. The van der Waals surface area contributed by atoms with Crippen molar-refractivity contribution in [1.29, 1.82) is 0 Å². The Morgan fingerprint density at radius 2 is 1.80 bits per heavy atom. The molecule has 0 atom stereocenters. The van der Waals surface area contributed by atoms with Gasteiger partial charge in [0, 0.05) is 12.1 Å². The summed E-state index contributed by atoms with van der Waals surface area (Å²) in [6.07, 6.45) is 0. The number of hydrogen-bond acceptors (Lipinski definition) is 3. The molecule has 1 aromatic rings. The molecule has 80 valence electrons. The minimum atomic E-state index is -0.823. The number of nitro benzene ring substituents is 1. The molecular formula is C10H10ClNO3. The summed E-state index contributed by atoms with van der Waals surface area (Å²) in [4.78, 5) is 21.0. The number of nitro groups is 1. The van der Waals surface area contributed by atoms with Crippen molar-refractivity contribution in [2.75, 3.05) is 0 Å². The van der Waals surface area contributed by atoms with E-state index in [0.717, 1.165) is 0 Å². The molecule has 15 heavy (non-hydrogen) atoms.